The van der Waals surface area contributed by atoms with Gasteiger partial charge in [-0.1, -0.05) is 24.3 Å². The molecule has 1 aliphatic heterocycles. The van der Waals surface area contributed by atoms with Crippen LogP contribution in [0, 0.1) is 5.92 Å². The van der Waals surface area contributed by atoms with E-state index in [-0.39, 0.29) is 30.6 Å². The number of fused-ring (bicyclic) bond motifs is 1. The maximum atomic E-state index is 13.0. The van der Waals surface area contributed by atoms with Crippen LogP contribution in [-0.2, 0) is 29.2 Å². The number of rotatable bonds is 7. The van der Waals surface area contributed by atoms with Crippen LogP contribution in [0.2, 0.25) is 0 Å². The van der Waals surface area contributed by atoms with Gasteiger partial charge in [-0.25, -0.2) is 4.68 Å². The predicted octanol–water partition coefficient (Wildman–Crippen LogP) is 1.94. The second-order valence-corrected chi connectivity index (χ2v) is 9.00. The second kappa shape index (κ2) is 12.1. The van der Waals surface area contributed by atoms with Crippen LogP contribution in [0.1, 0.15) is 37.9 Å². The second-order valence-electron chi connectivity index (χ2n) is 9.00. The largest absolute Gasteiger partial charge is 0.497 e. The summed E-state index contributed by atoms with van der Waals surface area (Å²) in [6, 6.07) is 7.82. The van der Waals surface area contributed by atoms with Crippen LogP contribution in [0.5, 0.6) is 5.75 Å². The average Bonchev–Trinajstić information content (AvgIpc) is 3.26. The standard InChI is InChI=1S/C24H37N5O4/c1-18-13-28(19(2)16-30)24(31)6-5-11-29-21(12-25-26-29)17-33-23(18)15-27(3)14-20-7-9-22(32-4)10-8-20/h7-10,12,18-19,23,30H,5-6,11,13-17H2,1-4H3/t18-,19-,23+/m1/s1. The molecule has 9 heteroatoms. The summed E-state index contributed by atoms with van der Waals surface area (Å²) in [6.45, 7) is 6.98. The van der Waals surface area contributed by atoms with Crippen LogP contribution in [0.15, 0.2) is 30.5 Å². The smallest absolute Gasteiger partial charge is 0.222 e. The van der Waals surface area contributed by atoms with Gasteiger partial charge < -0.3 is 19.5 Å². The number of hydrogen-bond donors (Lipinski definition) is 1. The maximum Gasteiger partial charge on any atom is 0.222 e. The minimum Gasteiger partial charge on any atom is -0.497 e. The van der Waals surface area contributed by atoms with Crippen molar-refractivity contribution in [3.05, 3.63) is 41.7 Å². The molecule has 33 heavy (non-hydrogen) atoms. The first-order chi connectivity index (χ1) is 15.9. The number of carbonyl (C=O) groups excluding carboxylic acids is 1. The molecule has 3 rings (SSSR count). The first kappa shape index (κ1) is 25.1. The van der Waals surface area contributed by atoms with E-state index in [4.69, 9.17) is 9.47 Å². The van der Waals surface area contributed by atoms with E-state index >= 15 is 0 Å². The van der Waals surface area contributed by atoms with Crippen LogP contribution in [-0.4, -0.2) is 81.8 Å². The van der Waals surface area contributed by atoms with Gasteiger partial charge in [0.15, 0.2) is 0 Å². The number of ether oxygens (including phenoxy) is 2. The number of aryl methyl sites for hydroxylation is 1. The van der Waals surface area contributed by atoms with E-state index in [0.717, 1.165) is 18.0 Å². The summed E-state index contributed by atoms with van der Waals surface area (Å²) < 4.78 is 13.5. The summed E-state index contributed by atoms with van der Waals surface area (Å²) >= 11 is 0. The number of hydrogen-bond acceptors (Lipinski definition) is 7. The lowest BCUT2D eigenvalue weighted by Crippen LogP contribution is -2.47. The molecular formula is C24H37N5O4. The highest BCUT2D eigenvalue weighted by Gasteiger charge is 2.28. The molecule has 9 nitrogen and oxygen atoms in total. The number of aliphatic hydroxyl groups excluding tert-OH is 1. The number of aliphatic hydroxyl groups is 1. The molecule has 1 aromatic carbocycles. The number of nitrogens with zero attached hydrogens (tertiary/aromatic N) is 5. The molecule has 0 bridgehead atoms. The zero-order valence-electron chi connectivity index (χ0n) is 20.2. The average molecular weight is 460 g/mol. The van der Waals surface area contributed by atoms with Crippen molar-refractivity contribution in [2.45, 2.75) is 58.5 Å². The van der Waals surface area contributed by atoms with Crippen molar-refractivity contribution < 1.29 is 19.4 Å². The molecule has 0 aliphatic carbocycles. The van der Waals surface area contributed by atoms with Crippen LogP contribution in [0.3, 0.4) is 0 Å². The number of aromatic nitrogens is 3. The Bertz CT molecular complexity index is 872. The van der Waals surface area contributed by atoms with Gasteiger partial charge in [0.1, 0.15) is 5.75 Å². The summed E-state index contributed by atoms with van der Waals surface area (Å²) in [6.07, 6.45) is 2.71. The van der Waals surface area contributed by atoms with Gasteiger partial charge in [-0.05, 0) is 38.1 Å². The monoisotopic (exact) mass is 459 g/mol. The Morgan fingerprint density at radius 1 is 1.33 bits per heavy atom. The van der Waals surface area contributed by atoms with Crippen molar-refractivity contribution in [2.75, 3.05) is 33.9 Å². The summed E-state index contributed by atoms with van der Waals surface area (Å²) in [5.41, 5.74) is 2.10. The lowest BCUT2D eigenvalue weighted by atomic mass is 10.0. The zero-order valence-corrected chi connectivity index (χ0v) is 20.2. The molecule has 0 radical (unpaired) electrons. The number of carbonyl (C=O) groups is 1. The van der Waals surface area contributed by atoms with E-state index in [2.05, 4.69) is 41.3 Å². The van der Waals surface area contributed by atoms with Crippen molar-refractivity contribution in [3.63, 3.8) is 0 Å². The fraction of sp³-hybridized carbons (Fsp3) is 0.625. The highest BCUT2D eigenvalue weighted by atomic mass is 16.5. The highest BCUT2D eigenvalue weighted by molar-refractivity contribution is 5.76. The van der Waals surface area contributed by atoms with Gasteiger partial charge in [-0.2, -0.15) is 0 Å². The normalized spacial score (nSPS) is 21.3. The molecule has 0 saturated heterocycles. The fourth-order valence-corrected chi connectivity index (χ4v) is 4.16. The molecule has 0 fully saturated rings. The SMILES string of the molecule is COc1ccc(CN(C)C[C@@H]2OCc3cnnn3CCCC(=O)N([C@H](C)CO)C[C@H]2C)cc1. The summed E-state index contributed by atoms with van der Waals surface area (Å²) in [7, 11) is 3.73. The van der Waals surface area contributed by atoms with Gasteiger partial charge in [0, 0.05) is 38.5 Å². The van der Waals surface area contributed by atoms with Crippen molar-refractivity contribution in [1.82, 2.24) is 24.8 Å². The summed E-state index contributed by atoms with van der Waals surface area (Å²) in [5.74, 6) is 0.964. The lowest BCUT2D eigenvalue weighted by Gasteiger charge is -2.35. The molecular weight excluding hydrogens is 422 g/mol. The molecule has 1 N–H and O–H groups in total. The van der Waals surface area contributed by atoms with Crippen LogP contribution in [0.25, 0.3) is 0 Å². The Balaban J connectivity index is 1.75. The number of likely N-dealkylation sites (N-methyl/N-ethyl adjacent to an activating group) is 1. The molecule has 3 atom stereocenters. The van der Waals surface area contributed by atoms with Gasteiger partial charge in [0.05, 0.1) is 44.4 Å². The minimum absolute atomic E-state index is 0.0518. The van der Waals surface area contributed by atoms with Gasteiger partial charge in [-0.15, -0.1) is 5.10 Å². The summed E-state index contributed by atoms with van der Waals surface area (Å²) in [4.78, 5) is 17.0. The fourth-order valence-electron chi connectivity index (χ4n) is 4.16. The van der Waals surface area contributed by atoms with Crippen molar-refractivity contribution in [1.29, 1.82) is 0 Å². The Morgan fingerprint density at radius 3 is 2.79 bits per heavy atom. The topological polar surface area (TPSA) is 93.0 Å². The van der Waals surface area contributed by atoms with Crippen LogP contribution in [0.4, 0.5) is 0 Å². The Kier molecular flexibility index (Phi) is 9.22. The third-order valence-corrected chi connectivity index (χ3v) is 6.24. The van der Waals surface area contributed by atoms with Crippen molar-refractivity contribution >= 4 is 5.91 Å². The molecule has 1 amide bonds. The molecule has 2 heterocycles. The minimum atomic E-state index is -0.234. The number of benzene rings is 1. The third-order valence-electron chi connectivity index (χ3n) is 6.24. The lowest BCUT2D eigenvalue weighted by molar-refractivity contribution is -0.136. The van der Waals surface area contributed by atoms with Crippen LogP contribution < -0.4 is 4.74 Å². The van der Waals surface area contributed by atoms with Gasteiger partial charge in [-0.3, -0.25) is 9.69 Å². The van der Waals surface area contributed by atoms with E-state index in [1.165, 1.54) is 5.56 Å². The first-order valence-electron chi connectivity index (χ1n) is 11.6. The van der Waals surface area contributed by atoms with Crippen LogP contribution >= 0.6 is 0 Å². The molecule has 1 aliphatic rings. The van der Waals surface area contributed by atoms with Gasteiger partial charge in [0.2, 0.25) is 5.91 Å². The third kappa shape index (κ3) is 6.99. The van der Waals surface area contributed by atoms with E-state index in [0.29, 0.717) is 39.1 Å². The zero-order chi connectivity index (χ0) is 23.8. The molecule has 182 valence electrons. The number of amides is 1. The van der Waals surface area contributed by atoms with Crippen molar-refractivity contribution in [2.24, 2.45) is 5.92 Å². The van der Waals surface area contributed by atoms with E-state index < -0.39 is 0 Å². The molecule has 0 saturated carbocycles. The number of methoxy groups -OCH3 is 1. The van der Waals surface area contributed by atoms with Gasteiger partial charge >= 0.3 is 0 Å². The molecule has 0 unspecified atom stereocenters. The summed E-state index contributed by atoms with van der Waals surface area (Å²) in [5, 5.41) is 17.9. The Hall–Kier alpha value is -2.49. The van der Waals surface area contributed by atoms with Gasteiger partial charge in [0.25, 0.3) is 0 Å². The quantitative estimate of drug-likeness (QED) is 0.676. The molecule has 2 aromatic rings. The molecule has 1 aromatic heterocycles. The Labute approximate surface area is 196 Å². The highest BCUT2D eigenvalue weighted by Crippen LogP contribution is 2.19. The van der Waals surface area contributed by atoms with E-state index in [1.807, 2.05) is 23.7 Å². The van der Waals surface area contributed by atoms with E-state index in [9.17, 15) is 9.90 Å². The Morgan fingerprint density at radius 2 is 2.09 bits per heavy atom. The van der Waals surface area contributed by atoms with Crippen molar-refractivity contribution in [3.8, 4) is 5.75 Å². The predicted molar refractivity (Wildman–Crippen MR) is 125 cm³/mol. The first-order valence-corrected chi connectivity index (χ1v) is 11.6. The molecule has 0 spiro atoms. The maximum absolute atomic E-state index is 13.0. The van der Waals surface area contributed by atoms with E-state index in [1.54, 1.807) is 18.2 Å².